The summed E-state index contributed by atoms with van der Waals surface area (Å²) in [5.74, 6) is 0.202. The molecule has 1 aliphatic rings. The Labute approximate surface area is 111 Å². The monoisotopic (exact) mass is 256 g/mol. The van der Waals surface area contributed by atoms with Gasteiger partial charge in [0.15, 0.2) is 0 Å². The van der Waals surface area contributed by atoms with Crippen molar-refractivity contribution in [2.24, 2.45) is 11.1 Å². The van der Waals surface area contributed by atoms with Crippen LogP contribution in [0, 0.1) is 5.41 Å². The Hall–Kier alpha value is -0.610. The van der Waals surface area contributed by atoms with E-state index in [1.807, 2.05) is 25.7 Å². The molecule has 0 aromatic heterocycles. The zero-order chi connectivity index (χ0) is 13.6. The Kier molecular flexibility index (Phi) is 6.09. The minimum Gasteiger partial charge on any atom is -0.376 e. The van der Waals surface area contributed by atoms with Gasteiger partial charge in [-0.3, -0.25) is 4.79 Å². The van der Waals surface area contributed by atoms with E-state index in [0.29, 0.717) is 6.54 Å². The first-order valence-electron chi connectivity index (χ1n) is 7.24. The van der Waals surface area contributed by atoms with Crippen molar-refractivity contribution in [2.75, 3.05) is 26.2 Å². The molecule has 1 rings (SSSR count). The van der Waals surface area contributed by atoms with E-state index in [2.05, 4.69) is 0 Å². The number of ether oxygens (including phenoxy) is 1. The Morgan fingerprint density at radius 1 is 1.39 bits per heavy atom. The Balaban J connectivity index is 2.70. The fourth-order valence-electron chi connectivity index (χ4n) is 2.65. The van der Waals surface area contributed by atoms with Crippen LogP contribution in [0.2, 0.25) is 0 Å². The van der Waals surface area contributed by atoms with Crippen molar-refractivity contribution in [1.29, 1.82) is 0 Å². The fourth-order valence-corrected chi connectivity index (χ4v) is 2.65. The minimum absolute atomic E-state index is 0.202. The summed E-state index contributed by atoms with van der Waals surface area (Å²) in [7, 11) is 0. The maximum absolute atomic E-state index is 12.7. The highest BCUT2D eigenvalue weighted by Gasteiger charge is 2.37. The predicted molar refractivity (Wildman–Crippen MR) is 73.3 cm³/mol. The van der Waals surface area contributed by atoms with E-state index in [9.17, 15) is 4.79 Å². The number of carbonyl (C=O) groups excluding carboxylic acids is 1. The van der Waals surface area contributed by atoms with Crippen LogP contribution >= 0.6 is 0 Å². The zero-order valence-electron chi connectivity index (χ0n) is 12.1. The molecule has 0 radical (unpaired) electrons. The average molecular weight is 256 g/mol. The Morgan fingerprint density at radius 2 is 2.06 bits per heavy atom. The van der Waals surface area contributed by atoms with Crippen LogP contribution in [0.1, 0.15) is 46.5 Å². The zero-order valence-corrected chi connectivity index (χ0v) is 12.1. The van der Waals surface area contributed by atoms with Gasteiger partial charge >= 0.3 is 0 Å². The number of carbonyl (C=O) groups is 1. The summed E-state index contributed by atoms with van der Waals surface area (Å²) in [6.45, 7) is 8.85. The van der Waals surface area contributed by atoms with Crippen LogP contribution in [-0.2, 0) is 9.53 Å². The highest BCUT2D eigenvalue weighted by Crippen LogP contribution is 2.28. The third-order valence-electron chi connectivity index (χ3n) is 4.31. The molecule has 0 aromatic rings. The van der Waals surface area contributed by atoms with Crippen molar-refractivity contribution in [3.63, 3.8) is 0 Å². The molecule has 0 spiro atoms. The molecule has 0 aromatic carbocycles. The molecule has 18 heavy (non-hydrogen) atoms. The summed E-state index contributed by atoms with van der Waals surface area (Å²) in [5, 5.41) is 0. The summed E-state index contributed by atoms with van der Waals surface area (Å²) >= 11 is 0. The van der Waals surface area contributed by atoms with Gasteiger partial charge in [0.05, 0.1) is 11.5 Å². The maximum Gasteiger partial charge on any atom is 0.230 e. The highest BCUT2D eigenvalue weighted by molar-refractivity contribution is 5.83. The second kappa shape index (κ2) is 7.10. The molecular weight excluding hydrogens is 228 g/mol. The van der Waals surface area contributed by atoms with Crippen LogP contribution in [0.15, 0.2) is 0 Å². The summed E-state index contributed by atoms with van der Waals surface area (Å²) in [4.78, 5) is 14.6. The number of amides is 1. The van der Waals surface area contributed by atoms with Crippen molar-refractivity contribution in [2.45, 2.75) is 52.6 Å². The van der Waals surface area contributed by atoms with E-state index in [-0.39, 0.29) is 17.4 Å². The molecule has 4 nitrogen and oxygen atoms in total. The first-order valence-corrected chi connectivity index (χ1v) is 7.24. The van der Waals surface area contributed by atoms with Gasteiger partial charge in [-0.05, 0) is 32.6 Å². The van der Waals surface area contributed by atoms with E-state index in [1.165, 1.54) is 0 Å². The highest BCUT2D eigenvalue weighted by atomic mass is 16.5. The SMILES string of the molecule is CCN(CC1CCCO1)C(=O)C(CC)(CC)CN. The second-order valence-corrected chi connectivity index (χ2v) is 5.17. The van der Waals surface area contributed by atoms with E-state index in [0.717, 1.165) is 45.4 Å². The standard InChI is InChI=1S/C14H28N2O2/c1-4-14(5-2,11-15)13(17)16(6-3)10-12-8-7-9-18-12/h12H,4-11,15H2,1-3H3. The van der Waals surface area contributed by atoms with Crippen LogP contribution in [0.25, 0.3) is 0 Å². The lowest BCUT2D eigenvalue weighted by molar-refractivity contribution is -0.143. The number of nitrogens with two attached hydrogens (primary N) is 1. The molecule has 4 heteroatoms. The normalized spacial score (nSPS) is 20.1. The summed E-state index contributed by atoms with van der Waals surface area (Å²) in [5.41, 5.74) is 5.47. The summed E-state index contributed by atoms with van der Waals surface area (Å²) in [6, 6.07) is 0. The first kappa shape index (κ1) is 15.4. The molecule has 1 unspecified atom stereocenters. The van der Waals surface area contributed by atoms with Crippen LogP contribution < -0.4 is 5.73 Å². The third kappa shape index (κ3) is 3.23. The van der Waals surface area contributed by atoms with Gasteiger partial charge in [-0.15, -0.1) is 0 Å². The number of likely N-dealkylation sites (N-methyl/N-ethyl adjacent to an activating group) is 1. The Morgan fingerprint density at radius 3 is 2.44 bits per heavy atom. The molecule has 1 saturated heterocycles. The first-order chi connectivity index (χ1) is 8.63. The quantitative estimate of drug-likeness (QED) is 0.755. The lowest BCUT2D eigenvalue weighted by Crippen LogP contribution is -2.49. The molecule has 0 saturated carbocycles. The van der Waals surface area contributed by atoms with Crippen molar-refractivity contribution >= 4 is 5.91 Å². The molecule has 2 N–H and O–H groups in total. The number of nitrogens with zero attached hydrogens (tertiary/aromatic N) is 1. The molecular formula is C14H28N2O2. The van der Waals surface area contributed by atoms with Crippen LogP contribution in [0.4, 0.5) is 0 Å². The molecule has 0 bridgehead atoms. The lowest BCUT2D eigenvalue weighted by Gasteiger charge is -2.35. The second-order valence-electron chi connectivity index (χ2n) is 5.17. The Bertz CT molecular complexity index is 250. The van der Waals surface area contributed by atoms with Gasteiger partial charge in [0.2, 0.25) is 5.91 Å². The topological polar surface area (TPSA) is 55.6 Å². The van der Waals surface area contributed by atoms with Crippen LogP contribution in [-0.4, -0.2) is 43.2 Å². The van der Waals surface area contributed by atoms with Gasteiger partial charge in [0, 0.05) is 26.2 Å². The van der Waals surface area contributed by atoms with E-state index in [1.54, 1.807) is 0 Å². The van der Waals surface area contributed by atoms with Crippen molar-refractivity contribution in [1.82, 2.24) is 4.90 Å². The van der Waals surface area contributed by atoms with Gasteiger partial charge < -0.3 is 15.4 Å². The van der Waals surface area contributed by atoms with Gasteiger partial charge in [-0.2, -0.15) is 0 Å². The smallest absolute Gasteiger partial charge is 0.230 e. The van der Waals surface area contributed by atoms with Crippen LogP contribution in [0.5, 0.6) is 0 Å². The van der Waals surface area contributed by atoms with Crippen molar-refractivity contribution < 1.29 is 9.53 Å². The molecule has 1 amide bonds. The van der Waals surface area contributed by atoms with Crippen LogP contribution in [0.3, 0.4) is 0 Å². The van der Waals surface area contributed by atoms with E-state index < -0.39 is 0 Å². The van der Waals surface area contributed by atoms with Crippen molar-refractivity contribution in [3.05, 3.63) is 0 Å². The third-order valence-corrected chi connectivity index (χ3v) is 4.31. The van der Waals surface area contributed by atoms with Gasteiger partial charge in [0.1, 0.15) is 0 Å². The molecule has 1 heterocycles. The molecule has 1 atom stereocenters. The van der Waals surface area contributed by atoms with E-state index >= 15 is 0 Å². The van der Waals surface area contributed by atoms with E-state index in [4.69, 9.17) is 10.5 Å². The number of rotatable bonds is 7. The lowest BCUT2D eigenvalue weighted by atomic mass is 9.81. The molecule has 1 aliphatic heterocycles. The number of hydrogen-bond acceptors (Lipinski definition) is 3. The van der Waals surface area contributed by atoms with Gasteiger partial charge in [-0.1, -0.05) is 13.8 Å². The van der Waals surface area contributed by atoms with Crippen molar-refractivity contribution in [3.8, 4) is 0 Å². The number of hydrogen-bond donors (Lipinski definition) is 1. The summed E-state index contributed by atoms with van der Waals surface area (Å²) in [6.07, 6.45) is 4.01. The predicted octanol–water partition coefficient (Wildman–Crippen LogP) is 1.78. The van der Waals surface area contributed by atoms with Gasteiger partial charge in [-0.25, -0.2) is 0 Å². The fraction of sp³-hybridized carbons (Fsp3) is 0.929. The maximum atomic E-state index is 12.7. The molecule has 1 fully saturated rings. The van der Waals surface area contributed by atoms with Gasteiger partial charge in [0.25, 0.3) is 0 Å². The molecule has 0 aliphatic carbocycles. The largest absolute Gasteiger partial charge is 0.376 e. The summed E-state index contributed by atoms with van der Waals surface area (Å²) < 4.78 is 5.62. The average Bonchev–Trinajstić information content (AvgIpc) is 2.91. The molecule has 106 valence electrons. The minimum atomic E-state index is -0.380.